The molecule has 2 N–H and O–H groups in total. The van der Waals surface area contributed by atoms with E-state index >= 15 is 0 Å². The van der Waals surface area contributed by atoms with E-state index in [-0.39, 0.29) is 22.8 Å². The maximum Gasteiger partial charge on any atom is 0.341 e. The quantitative estimate of drug-likeness (QED) is 0.534. The number of aromatic carboxylic acids is 1. The van der Waals surface area contributed by atoms with E-state index in [1.807, 2.05) is 6.92 Å². The lowest BCUT2D eigenvalue weighted by atomic mass is 10.1. The third-order valence-electron chi connectivity index (χ3n) is 4.17. The molecule has 3 rings (SSSR count). The van der Waals surface area contributed by atoms with Gasteiger partial charge in [-0.15, -0.1) is 0 Å². The number of esters is 1. The molecule has 1 heterocycles. The second-order valence-corrected chi connectivity index (χ2v) is 6.77. The lowest BCUT2D eigenvalue weighted by Gasteiger charge is -2.16. The summed E-state index contributed by atoms with van der Waals surface area (Å²) in [5.74, 6) is -1.61. The summed E-state index contributed by atoms with van der Waals surface area (Å²) >= 11 is 12.4. The van der Waals surface area contributed by atoms with Crippen LogP contribution in [-0.4, -0.2) is 28.6 Å². The Bertz CT molecular complexity index is 1100. The van der Waals surface area contributed by atoms with E-state index in [0.29, 0.717) is 27.3 Å². The number of benzene rings is 2. The second kappa shape index (κ2) is 8.04. The van der Waals surface area contributed by atoms with Crippen molar-refractivity contribution in [2.45, 2.75) is 13.8 Å². The predicted octanol–water partition coefficient (Wildman–Crippen LogP) is 5.47. The van der Waals surface area contributed by atoms with Crippen LogP contribution in [0.3, 0.4) is 0 Å². The van der Waals surface area contributed by atoms with Crippen molar-refractivity contribution < 1.29 is 19.4 Å². The topological polar surface area (TPSA) is 88.5 Å². The van der Waals surface area contributed by atoms with E-state index in [1.165, 1.54) is 18.3 Å². The zero-order chi connectivity index (χ0) is 20.4. The van der Waals surface area contributed by atoms with Crippen LogP contribution in [0.25, 0.3) is 10.9 Å². The molecular weight excluding hydrogens is 403 g/mol. The molecule has 6 nitrogen and oxygen atoms in total. The van der Waals surface area contributed by atoms with Crippen LogP contribution in [0.2, 0.25) is 10.0 Å². The molecule has 0 saturated carbocycles. The molecule has 0 spiro atoms. The molecule has 0 fully saturated rings. The van der Waals surface area contributed by atoms with Crippen molar-refractivity contribution in [2.75, 3.05) is 11.9 Å². The number of aromatic nitrogens is 1. The Hall–Kier alpha value is -2.83. The number of ether oxygens (including phenoxy) is 1. The smallest absolute Gasteiger partial charge is 0.341 e. The first-order valence-electron chi connectivity index (χ1n) is 8.38. The lowest BCUT2D eigenvalue weighted by Crippen LogP contribution is -2.10. The summed E-state index contributed by atoms with van der Waals surface area (Å²) in [5.41, 5.74) is 2.47. The van der Waals surface area contributed by atoms with Crippen LogP contribution in [0, 0.1) is 6.92 Å². The normalized spacial score (nSPS) is 10.7. The van der Waals surface area contributed by atoms with Crippen molar-refractivity contribution in [3.8, 4) is 0 Å². The van der Waals surface area contributed by atoms with E-state index in [0.717, 1.165) is 5.56 Å². The fourth-order valence-corrected chi connectivity index (χ4v) is 3.10. The number of carbonyl (C=O) groups excluding carboxylic acids is 1. The Morgan fingerprint density at radius 1 is 1.21 bits per heavy atom. The number of fused-ring (bicyclic) bond motifs is 1. The number of carboxylic acid groups (broad SMARTS) is 1. The number of halogens is 2. The van der Waals surface area contributed by atoms with E-state index in [9.17, 15) is 14.7 Å². The Morgan fingerprint density at radius 3 is 2.64 bits per heavy atom. The molecule has 0 aliphatic rings. The highest BCUT2D eigenvalue weighted by Gasteiger charge is 2.20. The molecular formula is C20H16Cl2N2O4. The van der Waals surface area contributed by atoms with Gasteiger partial charge in [0.25, 0.3) is 0 Å². The first-order valence-corrected chi connectivity index (χ1v) is 9.13. The van der Waals surface area contributed by atoms with Gasteiger partial charge in [-0.2, -0.15) is 0 Å². The summed E-state index contributed by atoms with van der Waals surface area (Å²) < 4.78 is 5.13. The predicted molar refractivity (Wildman–Crippen MR) is 109 cm³/mol. The van der Waals surface area contributed by atoms with Crippen molar-refractivity contribution in [2.24, 2.45) is 0 Å². The van der Waals surface area contributed by atoms with Gasteiger partial charge in [-0.3, -0.25) is 4.98 Å². The minimum Gasteiger partial charge on any atom is -0.478 e. The van der Waals surface area contributed by atoms with Gasteiger partial charge < -0.3 is 15.2 Å². The molecule has 3 aromatic rings. The zero-order valence-corrected chi connectivity index (χ0v) is 16.6. The number of hydrogen-bond acceptors (Lipinski definition) is 5. The van der Waals surface area contributed by atoms with Gasteiger partial charge in [0.2, 0.25) is 0 Å². The van der Waals surface area contributed by atoms with Gasteiger partial charge in [0.15, 0.2) is 0 Å². The van der Waals surface area contributed by atoms with Crippen molar-refractivity contribution in [1.29, 1.82) is 0 Å². The Morgan fingerprint density at radius 2 is 1.96 bits per heavy atom. The standard InChI is InChI=1S/C20H16Cl2N2O4/c1-3-28-20(27)13-9-23-18-12(6-7-14(21)16(18)22)17(13)24-15-8-11(19(25)26)5-4-10(15)2/h4-9H,3H2,1-2H3,(H,23,24)(H,25,26). The van der Waals surface area contributed by atoms with Gasteiger partial charge in [0.05, 0.1) is 33.4 Å². The average molecular weight is 419 g/mol. The van der Waals surface area contributed by atoms with Crippen molar-refractivity contribution in [1.82, 2.24) is 4.98 Å². The minimum absolute atomic E-state index is 0.116. The number of carbonyl (C=O) groups is 2. The average Bonchev–Trinajstić information content (AvgIpc) is 2.66. The molecule has 1 aromatic heterocycles. The molecule has 0 amide bonds. The number of hydrogen-bond donors (Lipinski definition) is 2. The molecule has 144 valence electrons. The molecule has 0 saturated heterocycles. The molecule has 2 aromatic carbocycles. The second-order valence-electron chi connectivity index (χ2n) is 5.98. The van der Waals surface area contributed by atoms with Gasteiger partial charge in [-0.25, -0.2) is 9.59 Å². The number of carboxylic acids is 1. The van der Waals surface area contributed by atoms with Crippen molar-refractivity contribution >= 4 is 57.4 Å². The van der Waals surface area contributed by atoms with Crippen LogP contribution >= 0.6 is 23.2 Å². The number of nitrogens with one attached hydrogen (secondary N) is 1. The molecule has 0 bridgehead atoms. The van der Waals surface area contributed by atoms with Crippen LogP contribution in [0.4, 0.5) is 11.4 Å². The Balaban J connectivity index is 2.24. The zero-order valence-electron chi connectivity index (χ0n) is 15.0. The van der Waals surface area contributed by atoms with E-state index < -0.39 is 11.9 Å². The fourth-order valence-electron chi connectivity index (χ4n) is 2.73. The molecule has 0 aliphatic carbocycles. The number of anilines is 2. The summed E-state index contributed by atoms with van der Waals surface area (Å²) in [4.78, 5) is 28.0. The molecule has 0 unspecified atom stereocenters. The fraction of sp³-hybridized carbons (Fsp3) is 0.150. The maximum atomic E-state index is 12.5. The molecule has 28 heavy (non-hydrogen) atoms. The molecule has 0 radical (unpaired) electrons. The highest BCUT2D eigenvalue weighted by atomic mass is 35.5. The lowest BCUT2D eigenvalue weighted by molar-refractivity contribution is 0.0526. The summed E-state index contributed by atoms with van der Waals surface area (Å²) in [6, 6.07) is 7.99. The van der Waals surface area contributed by atoms with E-state index in [2.05, 4.69) is 10.3 Å². The number of rotatable bonds is 5. The van der Waals surface area contributed by atoms with Gasteiger partial charge in [0, 0.05) is 17.3 Å². The summed E-state index contributed by atoms with van der Waals surface area (Å²) in [6.07, 6.45) is 1.36. The van der Waals surface area contributed by atoms with Crippen molar-refractivity contribution in [3.05, 3.63) is 63.3 Å². The summed E-state index contributed by atoms with van der Waals surface area (Å²) in [5, 5.41) is 13.6. The largest absolute Gasteiger partial charge is 0.478 e. The third kappa shape index (κ3) is 3.74. The maximum absolute atomic E-state index is 12.5. The van der Waals surface area contributed by atoms with Crippen molar-refractivity contribution in [3.63, 3.8) is 0 Å². The summed E-state index contributed by atoms with van der Waals surface area (Å²) in [6.45, 7) is 3.73. The van der Waals surface area contributed by atoms with Crippen LogP contribution in [-0.2, 0) is 4.74 Å². The van der Waals surface area contributed by atoms with E-state index in [1.54, 1.807) is 25.1 Å². The number of nitrogens with zero attached hydrogens (tertiary/aromatic N) is 1. The monoisotopic (exact) mass is 418 g/mol. The Labute approximate surface area is 171 Å². The highest BCUT2D eigenvalue weighted by Crippen LogP contribution is 2.36. The van der Waals surface area contributed by atoms with Crippen LogP contribution < -0.4 is 5.32 Å². The van der Waals surface area contributed by atoms with Gasteiger partial charge in [-0.1, -0.05) is 29.3 Å². The Kier molecular flexibility index (Phi) is 5.72. The highest BCUT2D eigenvalue weighted by molar-refractivity contribution is 6.45. The summed E-state index contributed by atoms with van der Waals surface area (Å²) in [7, 11) is 0. The first kappa shape index (κ1) is 19.9. The molecule has 0 atom stereocenters. The van der Waals surface area contributed by atoms with Gasteiger partial charge in [-0.05, 0) is 43.7 Å². The van der Waals surface area contributed by atoms with Crippen LogP contribution in [0.15, 0.2) is 36.5 Å². The molecule has 0 aliphatic heterocycles. The van der Waals surface area contributed by atoms with Crippen LogP contribution in [0.5, 0.6) is 0 Å². The SMILES string of the molecule is CCOC(=O)c1cnc2c(Cl)c(Cl)ccc2c1Nc1cc(C(=O)O)ccc1C. The van der Waals surface area contributed by atoms with Crippen LogP contribution in [0.1, 0.15) is 33.2 Å². The number of aryl methyl sites for hydroxylation is 1. The first-order chi connectivity index (χ1) is 13.3. The van der Waals surface area contributed by atoms with Gasteiger partial charge in [0.1, 0.15) is 5.56 Å². The van der Waals surface area contributed by atoms with E-state index in [4.69, 9.17) is 27.9 Å². The van der Waals surface area contributed by atoms with Gasteiger partial charge >= 0.3 is 11.9 Å². The number of pyridine rings is 1. The third-order valence-corrected chi connectivity index (χ3v) is 4.96. The molecule has 8 heteroatoms. The minimum atomic E-state index is -1.05.